The fourth-order valence-electron chi connectivity index (χ4n) is 4.03. The first-order chi connectivity index (χ1) is 18.4. The molecule has 0 aliphatic carbocycles. The molecule has 1 fully saturated rings. The average Bonchev–Trinajstić information content (AvgIpc) is 2.95. The van der Waals surface area contributed by atoms with E-state index in [2.05, 4.69) is 58.7 Å². The molecule has 0 unspecified atom stereocenters. The number of nitrogens with one attached hydrogen (secondary N) is 1. The van der Waals surface area contributed by atoms with Crippen LogP contribution in [0.15, 0.2) is 78.6 Å². The van der Waals surface area contributed by atoms with Crippen LogP contribution in [0.2, 0.25) is 0 Å². The second-order valence-corrected chi connectivity index (χ2v) is 9.31. The number of piperidine rings is 1. The minimum atomic E-state index is 0.00720. The lowest BCUT2D eigenvalue weighted by Crippen LogP contribution is -2.33. The number of likely N-dealkylation sites (tertiary alicyclic amines) is 1. The Balaban J connectivity index is 0.00000107. The molecule has 1 saturated heterocycles. The summed E-state index contributed by atoms with van der Waals surface area (Å²) in [6.45, 7) is 18.9. The van der Waals surface area contributed by atoms with Gasteiger partial charge in [-0.25, -0.2) is 0 Å². The third-order valence-electron chi connectivity index (χ3n) is 6.05. The van der Waals surface area contributed by atoms with Crippen molar-refractivity contribution < 1.29 is 9.90 Å². The molecule has 2 aromatic carbocycles. The Morgan fingerprint density at radius 2 is 1.66 bits per heavy atom. The van der Waals surface area contributed by atoms with Crippen molar-refractivity contribution >= 4 is 11.6 Å². The number of aliphatic hydroxyl groups is 1. The van der Waals surface area contributed by atoms with Gasteiger partial charge >= 0.3 is 0 Å². The number of carbonyl (C=O) groups excluding carboxylic acids is 1. The van der Waals surface area contributed by atoms with E-state index in [-0.39, 0.29) is 11.8 Å². The third-order valence-corrected chi connectivity index (χ3v) is 6.05. The van der Waals surface area contributed by atoms with E-state index in [4.69, 9.17) is 5.11 Å². The average molecular weight is 523 g/mol. The predicted octanol–water partition coefficient (Wildman–Crippen LogP) is 9.17. The molecule has 2 N–H and O–H groups in total. The molecule has 0 spiro atoms. The summed E-state index contributed by atoms with van der Waals surface area (Å²) in [5, 5.41) is 11.5. The molecule has 1 aliphatic heterocycles. The molecule has 4 nitrogen and oxygen atoms in total. The Hall–Kier alpha value is -2.85. The number of allylic oxidation sites excluding steroid dienone is 4. The number of anilines is 1. The second-order valence-electron chi connectivity index (χ2n) is 9.31. The quantitative estimate of drug-likeness (QED) is 0.268. The lowest BCUT2D eigenvalue weighted by Gasteiger charge is -2.32. The van der Waals surface area contributed by atoms with Gasteiger partial charge in [0.1, 0.15) is 0 Å². The summed E-state index contributed by atoms with van der Waals surface area (Å²) in [4.78, 5) is 14.5. The predicted molar refractivity (Wildman–Crippen MR) is 167 cm³/mol. The van der Waals surface area contributed by atoms with Gasteiger partial charge in [0.25, 0.3) is 0 Å². The maximum Gasteiger partial charge on any atom is 0.226 e. The van der Waals surface area contributed by atoms with E-state index in [0.29, 0.717) is 11.7 Å². The molecule has 4 heteroatoms. The van der Waals surface area contributed by atoms with Gasteiger partial charge in [0.2, 0.25) is 5.91 Å². The maximum absolute atomic E-state index is 11.9. The molecule has 3 rings (SSSR count). The van der Waals surface area contributed by atoms with Crippen LogP contribution in [0.5, 0.6) is 0 Å². The van der Waals surface area contributed by atoms with E-state index in [1.807, 2.05) is 60.6 Å². The van der Waals surface area contributed by atoms with Gasteiger partial charge in [-0.15, -0.1) is 0 Å². The number of aliphatic hydroxyl groups excluding tert-OH is 1. The van der Waals surface area contributed by atoms with Gasteiger partial charge in [0.05, 0.1) is 5.76 Å². The molecular weight excluding hydrogens is 468 g/mol. The lowest BCUT2D eigenvalue weighted by atomic mass is 9.89. The number of benzene rings is 2. The van der Waals surface area contributed by atoms with Crippen LogP contribution in [0.1, 0.15) is 91.7 Å². The van der Waals surface area contributed by atoms with Crippen LogP contribution >= 0.6 is 0 Å². The number of hydrogen-bond acceptors (Lipinski definition) is 3. The Morgan fingerprint density at radius 3 is 2.18 bits per heavy atom. The van der Waals surface area contributed by atoms with Crippen molar-refractivity contribution in [1.29, 1.82) is 0 Å². The van der Waals surface area contributed by atoms with Gasteiger partial charge in [-0.05, 0) is 94.4 Å². The summed E-state index contributed by atoms with van der Waals surface area (Å²) in [6, 6.07) is 19.2. The molecule has 0 radical (unpaired) electrons. The van der Waals surface area contributed by atoms with Crippen LogP contribution in [0, 0.1) is 5.92 Å². The first-order valence-electron chi connectivity index (χ1n) is 14.5. The summed E-state index contributed by atoms with van der Waals surface area (Å²) in [6.07, 6.45) is 10.1. The SMILES string of the molecule is C/C=C\C=C(/C)O.CC.CC.CC(C)C(=O)Nc1cccc(C2CCN(CCCc3ccccc3)CC2)c1. The van der Waals surface area contributed by atoms with Crippen molar-refractivity contribution in [2.24, 2.45) is 5.92 Å². The first kappa shape index (κ1) is 35.2. The van der Waals surface area contributed by atoms with E-state index in [1.54, 1.807) is 19.1 Å². The second kappa shape index (κ2) is 22.2. The van der Waals surface area contributed by atoms with Crippen molar-refractivity contribution in [3.63, 3.8) is 0 Å². The number of nitrogens with zero attached hydrogens (tertiary/aromatic N) is 1. The minimum absolute atomic E-state index is 0.00720. The maximum atomic E-state index is 11.9. The van der Waals surface area contributed by atoms with Gasteiger partial charge in [0.15, 0.2) is 0 Å². The van der Waals surface area contributed by atoms with Gasteiger partial charge in [-0.1, -0.05) is 96.2 Å². The summed E-state index contributed by atoms with van der Waals surface area (Å²) in [5.74, 6) is 1.04. The first-order valence-corrected chi connectivity index (χ1v) is 14.5. The minimum Gasteiger partial charge on any atom is -0.513 e. The Labute approximate surface area is 233 Å². The highest BCUT2D eigenvalue weighted by atomic mass is 16.3. The van der Waals surface area contributed by atoms with E-state index < -0.39 is 0 Å². The van der Waals surface area contributed by atoms with Crippen LogP contribution in [-0.4, -0.2) is 35.5 Å². The Kier molecular flexibility index (Phi) is 20.5. The largest absolute Gasteiger partial charge is 0.513 e. The number of hydrogen-bond donors (Lipinski definition) is 2. The third kappa shape index (κ3) is 15.4. The normalized spacial score (nSPS) is 14.0. The molecule has 1 heterocycles. The van der Waals surface area contributed by atoms with E-state index in [0.717, 1.165) is 5.69 Å². The van der Waals surface area contributed by atoms with E-state index in [9.17, 15) is 4.79 Å². The molecule has 0 aromatic heterocycles. The van der Waals surface area contributed by atoms with Crippen molar-refractivity contribution in [1.82, 2.24) is 4.90 Å². The van der Waals surface area contributed by atoms with Crippen LogP contribution < -0.4 is 5.32 Å². The summed E-state index contributed by atoms with van der Waals surface area (Å²) in [5.41, 5.74) is 3.73. The van der Waals surface area contributed by atoms with Gasteiger partial charge in [0, 0.05) is 11.6 Å². The highest BCUT2D eigenvalue weighted by Gasteiger charge is 2.20. The molecule has 0 atom stereocenters. The zero-order valence-electron chi connectivity index (χ0n) is 25.3. The van der Waals surface area contributed by atoms with Crippen molar-refractivity contribution in [2.45, 2.75) is 87.0 Å². The van der Waals surface area contributed by atoms with Crippen LogP contribution in [0.25, 0.3) is 0 Å². The number of rotatable bonds is 8. The molecule has 0 saturated carbocycles. The smallest absolute Gasteiger partial charge is 0.226 e. The molecule has 212 valence electrons. The summed E-state index contributed by atoms with van der Waals surface area (Å²) >= 11 is 0. The lowest BCUT2D eigenvalue weighted by molar-refractivity contribution is -0.118. The van der Waals surface area contributed by atoms with Crippen molar-refractivity contribution in [2.75, 3.05) is 25.0 Å². The number of carbonyl (C=O) groups is 1. The molecule has 1 aliphatic rings. The standard InChI is InChI=1S/C24H32N2O.C6H10O.2C2H6/c1-19(2)24(27)25-23-12-6-11-22(18-23)21-13-16-26(17-14-21)15-7-10-20-8-4-3-5-9-20;1-3-4-5-6(2)7;2*1-2/h3-6,8-9,11-12,18-19,21H,7,10,13-17H2,1-2H3,(H,25,27);3-5,7H,1-2H3;2*1-2H3/b;4-3-,6-5+;;. The molecule has 1 amide bonds. The molecular formula is C34H54N2O2. The van der Waals surface area contributed by atoms with Crippen LogP contribution in [0.4, 0.5) is 5.69 Å². The zero-order valence-corrected chi connectivity index (χ0v) is 25.3. The van der Waals surface area contributed by atoms with Crippen LogP contribution in [0.3, 0.4) is 0 Å². The van der Waals surface area contributed by atoms with E-state index in [1.165, 1.54) is 56.4 Å². The summed E-state index contributed by atoms with van der Waals surface area (Å²) in [7, 11) is 0. The van der Waals surface area contributed by atoms with Gasteiger partial charge in [-0.2, -0.15) is 0 Å². The van der Waals surface area contributed by atoms with Crippen LogP contribution in [-0.2, 0) is 11.2 Å². The Bertz CT molecular complexity index is 907. The van der Waals surface area contributed by atoms with Crippen molar-refractivity contribution in [3.8, 4) is 0 Å². The van der Waals surface area contributed by atoms with Crippen molar-refractivity contribution in [3.05, 3.63) is 89.7 Å². The fourth-order valence-corrected chi connectivity index (χ4v) is 4.03. The zero-order chi connectivity index (χ0) is 28.8. The van der Waals surface area contributed by atoms with E-state index >= 15 is 0 Å². The molecule has 0 bridgehead atoms. The summed E-state index contributed by atoms with van der Waals surface area (Å²) < 4.78 is 0. The fraction of sp³-hybridized carbons (Fsp3) is 0.500. The Morgan fingerprint density at radius 1 is 1.03 bits per heavy atom. The number of aryl methyl sites for hydroxylation is 1. The topological polar surface area (TPSA) is 52.6 Å². The molecule has 2 aromatic rings. The monoisotopic (exact) mass is 522 g/mol. The highest BCUT2D eigenvalue weighted by molar-refractivity contribution is 5.92. The number of amides is 1. The van der Waals surface area contributed by atoms with Gasteiger partial charge < -0.3 is 15.3 Å². The van der Waals surface area contributed by atoms with Gasteiger partial charge in [-0.3, -0.25) is 4.79 Å². The highest BCUT2D eigenvalue weighted by Crippen LogP contribution is 2.29. The molecule has 38 heavy (non-hydrogen) atoms.